The molecule has 1 saturated carbocycles. The molecule has 1 fully saturated rings. The van der Waals surface area contributed by atoms with Gasteiger partial charge in [0.15, 0.2) is 0 Å². The number of nitrogens with zero attached hydrogens (tertiary/aromatic N) is 1. The standard InChI is InChI=1S/C15H21FN2O2/c1-18(10-11-7-14(19)8-11)6-5-15(20)17-13-4-2-3-12(16)9-13/h2-4,9,11,14,19H,5-8,10H2,1H3,(H,17,20). The van der Waals surface area contributed by atoms with Crippen LogP contribution in [0.25, 0.3) is 0 Å². The summed E-state index contributed by atoms with van der Waals surface area (Å²) in [6.07, 6.45) is 1.96. The minimum Gasteiger partial charge on any atom is -0.393 e. The van der Waals surface area contributed by atoms with Crippen molar-refractivity contribution in [2.45, 2.75) is 25.4 Å². The molecular formula is C15H21FN2O2. The van der Waals surface area contributed by atoms with Gasteiger partial charge in [-0.3, -0.25) is 4.79 Å². The molecule has 0 unspecified atom stereocenters. The predicted octanol–water partition coefficient (Wildman–Crippen LogP) is 1.86. The largest absolute Gasteiger partial charge is 0.393 e. The molecule has 5 heteroatoms. The van der Waals surface area contributed by atoms with Crippen molar-refractivity contribution in [3.05, 3.63) is 30.1 Å². The van der Waals surface area contributed by atoms with Crippen LogP contribution >= 0.6 is 0 Å². The first kappa shape index (κ1) is 14.9. The number of benzene rings is 1. The molecule has 0 aliphatic heterocycles. The van der Waals surface area contributed by atoms with Crippen LogP contribution in [0.15, 0.2) is 24.3 Å². The molecule has 1 aliphatic rings. The molecule has 20 heavy (non-hydrogen) atoms. The van der Waals surface area contributed by atoms with Crippen LogP contribution in [0.1, 0.15) is 19.3 Å². The Morgan fingerprint density at radius 1 is 1.50 bits per heavy atom. The molecule has 4 nitrogen and oxygen atoms in total. The zero-order valence-corrected chi connectivity index (χ0v) is 11.7. The van der Waals surface area contributed by atoms with Gasteiger partial charge in [-0.05, 0) is 44.0 Å². The lowest BCUT2D eigenvalue weighted by atomic mass is 9.82. The van der Waals surface area contributed by atoms with Gasteiger partial charge in [-0.2, -0.15) is 0 Å². The van der Waals surface area contributed by atoms with E-state index < -0.39 is 0 Å². The van der Waals surface area contributed by atoms with Gasteiger partial charge in [0, 0.05) is 25.2 Å². The fourth-order valence-corrected chi connectivity index (χ4v) is 2.46. The summed E-state index contributed by atoms with van der Waals surface area (Å²) in [6, 6.07) is 5.88. The molecule has 2 N–H and O–H groups in total. The SMILES string of the molecule is CN(CCC(=O)Nc1cccc(F)c1)CC1CC(O)C1. The summed E-state index contributed by atoms with van der Waals surface area (Å²) in [7, 11) is 1.97. The second kappa shape index (κ2) is 6.81. The van der Waals surface area contributed by atoms with E-state index >= 15 is 0 Å². The van der Waals surface area contributed by atoms with Gasteiger partial charge in [-0.25, -0.2) is 4.39 Å². The van der Waals surface area contributed by atoms with E-state index in [0.717, 1.165) is 19.4 Å². The third-order valence-electron chi connectivity index (χ3n) is 3.61. The second-order valence-electron chi connectivity index (χ2n) is 5.56. The smallest absolute Gasteiger partial charge is 0.225 e. The van der Waals surface area contributed by atoms with Gasteiger partial charge in [0.25, 0.3) is 0 Å². The molecule has 0 heterocycles. The molecule has 0 atom stereocenters. The van der Waals surface area contributed by atoms with Gasteiger partial charge >= 0.3 is 0 Å². The molecule has 0 spiro atoms. The number of aliphatic hydroxyl groups excluding tert-OH is 1. The molecule has 1 amide bonds. The fraction of sp³-hybridized carbons (Fsp3) is 0.533. The number of carbonyl (C=O) groups is 1. The van der Waals surface area contributed by atoms with E-state index in [1.54, 1.807) is 12.1 Å². The molecule has 1 aromatic rings. The summed E-state index contributed by atoms with van der Waals surface area (Å²) < 4.78 is 13.0. The first-order valence-corrected chi connectivity index (χ1v) is 6.95. The quantitative estimate of drug-likeness (QED) is 0.836. The van der Waals surface area contributed by atoms with Crippen LogP contribution < -0.4 is 5.32 Å². The third kappa shape index (κ3) is 4.58. The first-order chi connectivity index (χ1) is 9.52. The van der Waals surface area contributed by atoms with Gasteiger partial charge in [-0.1, -0.05) is 6.07 Å². The normalized spacial score (nSPS) is 21.6. The highest BCUT2D eigenvalue weighted by Crippen LogP contribution is 2.27. The number of anilines is 1. The molecule has 1 aromatic carbocycles. The first-order valence-electron chi connectivity index (χ1n) is 6.95. The lowest BCUT2D eigenvalue weighted by Crippen LogP contribution is -2.38. The minimum atomic E-state index is -0.358. The minimum absolute atomic E-state index is 0.115. The van der Waals surface area contributed by atoms with Crippen molar-refractivity contribution in [1.29, 1.82) is 0 Å². The van der Waals surface area contributed by atoms with Gasteiger partial charge in [0.2, 0.25) is 5.91 Å². The summed E-state index contributed by atoms with van der Waals surface area (Å²) in [5.41, 5.74) is 0.486. The van der Waals surface area contributed by atoms with Crippen LogP contribution in [-0.4, -0.2) is 42.2 Å². The Morgan fingerprint density at radius 2 is 2.25 bits per heavy atom. The highest BCUT2D eigenvalue weighted by molar-refractivity contribution is 5.90. The Hall–Kier alpha value is -1.46. The summed E-state index contributed by atoms with van der Waals surface area (Å²) in [6.45, 7) is 1.57. The van der Waals surface area contributed by atoms with Crippen LogP contribution in [0.3, 0.4) is 0 Å². The molecule has 0 saturated heterocycles. The monoisotopic (exact) mass is 280 g/mol. The van der Waals surface area contributed by atoms with Gasteiger partial charge in [0.1, 0.15) is 5.82 Å². The number of nitrogens with one attached hydrogen (secondary N) is 1. The second-order valence-corrected chi connectivity index (χ2v) is 5.56. The van der Waals surface area contributed by atoms with E-state index in [0.29, 0.717) is 24.6 Å². The summed E-state index contributed by atoms with van der Waals surface area (Å²) >= 11 is 0. The summed E-state index contributed by atoms with van der Waals surface area (Å²) in [4.78, 5) is 13.8. The highest BCUT2D eigenvalue weighted by Gasteiger charge is 2.27. The van der Waals surface area contributed by atoms with Crippen molar-refractivity contribution >= 4 is 11.6 Å². The number of hydrogen-bond donors (Lipinski definition) is 2. The van der Waals surface area contributed by atoms with Gasteiger partial charge in [0.05, 0.1) is 6.10 Å². The number of rotatable bonds is 6. The van der Waals surface area contributed by atoms with Crippen LogP contribution in [0.4, 0.5) is 10.1 Å². The Labute approximate surface area is 118 Å². The molecule has 2 rings (SSSR count). The van der Waals surface area contributed by atoms with Crippen LogP contribution in [0.5, 0.6) is 0 Å². The van der Waals surface area contributed by atoms with Gasteiger partial charge in [-0.15, -0.1) is 0 Å². The highest BCUT2D eigenvalue weighted by atomic mass is 19.1. The van der Waals surface area contributed by atoms with Crippen molar-refractivity contribution in [2.75, 3.05) is 25.5 Å². The van der Waals surface area contributed by atoms with Crippen molar-refractivity contribution in [2.24, 2.45) is 5.92 Å². The summed E-state index contributed by atoms with van der Waals surface area (Å²) in [5, 5.41) is 11.9. The van der Waals surface area contributed by atoms with Crippen LogP contribution in [0, 0.1) is 11.7 Å². The van der Waals surface area contributed by atoms with E-state index in [2.05, 4.69) is 10.2 Å². The average Bonchev–Trinajstić information content (AvgIpc) is 2.34. The van der Waals surface area contributed by atoms with E-state index in [9.17, 15) is 14.3 Å². The molecule has 0 aromatic heterocycles. The van der Waals surface area contributed by atoms with Crippen LogP contribution in [0.2, 0.25) is 0 Å². The van der Waals surface area contributed by atoms with Crippen LogP contribution in [-0.2, 0) is 4.79 Å². The lowest BCUT2D eigenvalue weighted by Gasteiger charge is -2.34. The maximum Gasteiger partial charge on any atom is 0.225 e. The third-order valence-corrected chi connectivity index (χ3v) is 3.61. The van der Waals surface area contributed by atoms with Crippen molar-refractivity contribution < 1.29 is 14.3 Å². The zero-order valence-electron chi connectivity index (χ0n) is 11.7. The number of hydrogen-bond acceptors (Lipinski definition) is 3. The maximum absolute atomic E-state index is 13.0. The fourth-order valence-electron chi connectivity index (χ4n) is 2.46. The average molecular weight is 280 g/mol. The number of carbonyl (C=O) groups excluding carboxylic acids is 1. The Kier molecular flexibility index (Phi) is 5.09. The van der Waals surface area contributed by atoms with Crippen molar-refractivity contribution in [1.82, 2.24) is 4.90 Å². The van der Waals surface area contributed by atoms with E-state index in [1.807, 2.05) is 7.05 Å². The summed E-state index contributed by atoms with van der Waals surface area (Å²) in [5.74, 6) is 0.0702. The maximum atomic E-state index is 13.0. The topological polar surface area (TPSA) is 52.6 Å². The van der Waals surface area contributed by atoms with Gasteiger partial charge < -0.3 is 15.3 Å². The molecular weight excluding hydrogens is 259 g/mol. The molecule has 0 radical (unpaired) electrons. The Balaban J connectivity index is 1.67. The Morgan fingerprint density at radius 3 is 2.90 bits per heavy atom. The number of aliphatic hydroxyl groups is 1. The predicted molar refractivity (Wildman–Crippen MR) is 75.9 cm³/mol. The number of amides is 1. The molecule has 0 bridgehead atoms. The molecule has 110 valence electrons. The van der Waals surface area contributed by atoms with Crippen molar-refractivity contribution in [3.63, 3.8) is 0 Å². The zero-order chi connectivity index (χ0) is 14.5. The molecule has 1 aliphatic carbocycles. The van der Waals surface area contributed by atoms with E-state index in [-0.39, 0.29) is 17.8 Å². The van der Waals surface area contributed by atoms with E-state index in [4.69, 9.17) is 0 Å². The Bertz CT molecular complexity index is 461. The van der Waals surface area contributed by atoms with Crippen molar-refractivity contribution in [3.8, 4) is 0 Å². The number of halogens is 1. The van der Waals surface area contributed by atoms with E-state index in [1.165, 1.54) is 12.1 Å². The lowest BCUT2D eigenvalue weighted by molar-refractivity contribution is -0.116.